The van der Waals surface area contributed by atoms with Crippen molar-refractivity contribution < 1.29 is 14.7 Å². The molecule has 4 nitrogen and oxygen atoms in total. The number of rotatable bonds is 3. The highest BCUT2D eigenvalue weighted by molar-refractivity contribution is 5.99. The van der Waals surface area contributed by atoms with Gasteiger partial charge in [-0.05, 0) is 77.9 Å². The van der Waals surface area contributed by atoms with E-state index in [0.717, 1.165) is 12.0 Å². The third-order valence-electron chi connectivity index (χ3n) is 6.35. The molecule has 30 heavy (non-hydrogen) atoms. The van der Waals surface area contributed by atoms with Crippen molar-refractivity contribution >= 4 is 11.7 Å². The smallest absolute Gasteiger partial charge is 0.253 e. The first kappa shape index (κ1) is 18.6. The summed E-state index contributed by atoms with van der Waals surface area (Å²) in [5, 5.41) is 9.41. The zero-order valence-electron chi connectivity index (χ0n) is 16.7. The van der Waals surface area contributed by atoms with E-state index < -0.39 is 0 Å². The molecule has 4 heteroatoms. The monoisotopic (exact) mass is 397 g/mol. The fraction of sp³-hybridized carbons (Fsp3) is 0.231. The van der Waals surface area contributed by atoms with Gasteiger partial charge in [-0.1, -0.05) is 30.3 Å². The van der Waals surface area contributed by atoms with Gasteiger partial charge in [0.05, 0.1) is 0 Å². The largest absolute Gasteiger partial charge is 0.508 e. The summed E-state index contributed by atoms with van der Waals surface area (Å²) in [5.41, 5.74) is 6.35. The van der Waals surface area contributed by atoms with Crippen LogP contribution in [-0.4, -0.2) is 34.8 Å². The zero-order chi connectivity index (χ0) is 20.7. The average Bonchev–Trinajstić information content (AvgIpc) is 3.16. The third-order valence-corrected chi connectivity index (χ3v) is 6.35. The number of phenols is 1. The number of hydrogen-bond donors (Lipinski definition) is 1. The number of phenolic OH excluding ortho intramolecular Hbond substituents is 1. The molecule has 3 aromatic carbocycles. The van der Waals surface area contributed by atoms with Crippen molar-refractivity contribution in [3.05, 3.63) is 89.0 Å². The molecule has 0 atom stereocenters. The van der Waals surface area contributed by atoms with Gasteiger partial charge in [0.2, 0.25) is 0 Å². The third kappa shape index (κ3) is 3.28. The average molecular weight is 397 g/mol. The summed E-state index contributed by atoms with van der Waals surface area (Å²) < 4.78 is 0. The van der Waals surface area contributed by atoms with Crippen LogP contribution >= 0.6 is 0 Å². The summed E-state index contributed by atoms with van der Waals surface area (Å²) in [6.07, 6.45) is 2.21. The van der Waals surface area contributed by atoms with E-state index in [1.54, 1.807) is 12.1 Å². The van der Waals surface area contributed by atoms with Crippen LogP contribution in [0.4, 0.5) is 0 Å². The number of ketones is 1. The van der Waals surface area contributed by atoms with E-state index >= 15 is 0 Å². The summed E-state index contributed by atoms with van der Waals surface area (Å²) in [6, 6.07) is 20.8. The maximum Gasteiger partial charge on any atom is 0.253 e. The van der Waals surface area contributed by atoms with Crippen LogP contribution in [0.2, 0.25) is 0 Å². The molecule has 1 heterocycles. The lowest BCUT2D eigenvalue weighted by atomic mass is 9.88. The lowest BCUT2D eigenvalue weighted by Crippen LogP contribution is -2.40. The van der Waals surface area contributed by atoms with E-state index in [1.165, 1.54) is 34.4 Å². The second-order valence-electron chi connectivity index (χ2n) is 8.18. The van der Waals surface area contributed by atoms with Crippen LogP contribution in [0.3, 0.4) is 0 Å². The van der Waals surface area contributed by atoms with Crippen LogP contribution in [0, 0.1) is 5.92 Å². The summed E-state index contributed by atoms with van der Waals surface area (Å²) in [7, 11) is 0. The SMILES string of the molecule is O=C(c1ccc(O)cc1)C1CCN(C(=O)c2ccc3c(c2)Cc2ccccc2-3)CC1. The van der Waals surface area contributed by atoms with Gasteiger partial charge in [0.1, 0.15) is 5.75 Å². The van der Waals surface area contributed by atoms with Crippen LogP contribution in [-0.2, 0) is 6.42 Å². The highest BCUT2D eigenvalue weighted by Crippen LogP contribution is 2.37. The molecule has 1 amide bonds. The highest BCUT2D eigenvalue weighted by Gasteiger charge is 2.29. The number of carbonyl (C=O) groups is 2. The maximum atomic E-state index is 13.1. The van der Waals surface area contributed by atoms with Crippen molar-refractivity contribution in [3.8, 4) is 16.9 Å². The van der Waals surface area contributed by atoms with Crippen molar-refractivity contribution in [1.82, 2.24) is 4.90 Å². The Labute approximate surface area is 175 Å². The molecule has 1 aliphatic heterocycles. The van der Waals surface area contributed by atoms with Crippen molar-refractivity contribution in [2.75, 3.05) is 13.1 Å². The summed E-state index contributed by atoms with van der Waals surface area (Å²) in [5.74, 6) is 0.221. The van der Waals surface area contributed by atoms with Gasteiger partial charge < -0.3 is 10.0 Å². The molecule has 1 aliphatic carbocycles. The van der Waals surface area contributed by atoms with E-state index in [9.17, 15) is 14.7 Å². The second kappa shape index (κ2) is 7.45. The topological polar surface area (TPSA) is 57.6 Å². The molecule has 0 spiro atoms. The lowest BCUT2D eigenvalue weighted by molar-refractivity contribution is 0.0650. The van der Waals surface area contributed by atoms with Crippen LogP contribution in [0.25, 0.3) is 11.1 Å². The normalized spacial score (nSPS) is 15.5. The second-order valence-corrected chi connectivity index (χ2v) is 8.18. The lowest BCUT2D eigenvalue weighted by Gasteiger charge is -2.31. The van der Waals surface area contributed by atoms with Crippen LogP contribution < -0.4 is 0 Å². The molecule has 2 aliphatic rings. The molecule has 0 unspecified atom stereocenters. The van der Waals surface area contributed by atoms with Gasteiger partial charge >= 0.3 is 0 Å². The predicted octanol–water partition coefficient (Wildman–Crippen LogP) is 4.70. The molecule has 1 N–H and O–H groups in total. The molecule has 150 valence electrons. The quantitative estimate of drug-likeness (QED) is 0.510. The number of amides is 1. The molecule has 0 aromatic heterocycles. The summed E-state index contributed by atoms with van der Waals surface area (Å²) >= 11 is 0. The van der Waals surface area contributed by atoms with E-state index in [-0.39, 0.29) is 23.4 Å². The predicted molar refractivity (Wildman–Crippen MR) is 116 cm³/mol. The number of nitrogens with zero attached hydrogens (tertiary/aromatic N) is 1. The number of hydrogen-bond acceptors (Lipinski definition) is 3. The van der Waals surface area contributed by atoms with E-state index in [2.05, 4.69) is 30.3 Å². The van der Waals surface area contributed by atoms with Crippen LogP contribution in [0.5, 0.6) is 5.75 Å². The van der Waals surface area contributed by atoms with Crippen molar-refractivity contribution in [3.63, 3.8) is 0 Å². The number of Topliss-reactive ketones (excluding diaryl/α,β-unsaturated/α-hetero) is 1. The number of fused-ring (bicyclic) bond motifs is 3. The first-order valence-electron chi connectivity index (χ1n) is 10.4. The first-order chi connectivity index (χ1) is 14.6. The van der Waals surface area contributed by atoms with Crippen molar-refractivity contribution in [1.29, 1.82) is 0 Å². The van der Waals surface area contributed by atoms with Gasteiger partial charge in [0.15, 0.2) is 5.78 Å². The van der Waals surface area contributed by atoms with Crippen LogP contribution in [0.1, 0.15) is 44.7 Å². The Balaban J connectivity index is 1.26. The molecular formula is C26H23NO3. The number of aromatic hydroxyl groups is 1. The van der Waals surface area contributed by atoms with Gasteiger partial charge in [-0.25, -0.2) is 0 Å². The van der Waals surface area contributed by atoms with Gasteiger partial charge in [-0.2, -0.15) is 0 Å². The molecule has 0 bridgehead atoms. The van der Waals surface area contributed by atoms with E-state index in [4.69, 9.17) is 0 Å². The Morgan fingerprint density at radius 1 is 0.800 bits per heavy atom. The fourth-order valence-corrected chi connectivity index (χ4v) is 4.67. The van der Waals surface area contributed by atoms with Gasteiger partial charge in [0, 0.05) is 30.1 Å². The Kier molecular flexibility index (Phi) is 4.62. The van der Waals surface area contributed by atoms with Crippen LogP contribution in [0.15, 0.2) is 66.7 Å². The molecule has 0 radical (unpaired) electrons. The molecule has 3 aromatic rings. The standard InChI is InChI=1S/C26H23NO3/c28-22-8-5-17(6-9-22)25(29)18-11-13-27(14-12-18)26(30)20-7-10-24-21(16-20)15-19-3-1-2-4-23(19)24/h1-10,16,18,28H,11-15H2. The molecule has 1 fully saturated rings. The van der Waals surface area contributed by atoms with E-state index in [1.807, 2.05) is 17.0 Å². The Morgan fingerprint density at radius 2 is 1.47 bits per heavy atom. The zero-order valence-corrected chi connectivity index (χ0v) is 16.7. The highest BCUT2D eigenvalue weighted by atomic mass is 16.3. The minimum absolute atomic E-state index is 0.0456. The maximum absolute atomic E-state index is 13.1. The molecule has 0 saturated carbocycles. The van der Waals surface area contributed by atoms with Gasteiger partial charge in [0.25, 0.3) is 5.91 Å². The number of likely N-dealkylation sites (tertiary alicyclic amines) is 1. The number of benzene rings is 3. The first-order valence-corrected chi connectivity index (χ1v) is 10.4. The van der Waals surface area contributed by atoms with Crippen molar-refractivity contribution in [2.24, 2.45) is 5.92 Å². The minimum Gasteiger partial charge on any atom is -0.508 e. The Bertz CT molecular complexity index is 1130. The summed E-state index contributed by atoms with van der Waals surface area (Å²) in [4.78, 5) is 27.6. The summed E-state index contributed by atoms with van der Waals surface area (Å²) in [6.45, 7) is 1.18. The van der Waals surface area contributed by atoms with Gasteiger partial charge in [-0.15, -0.1) is 0 Å². The fourth-order valence-electron chi connectivity index (χ4n) is 4.67. The molecule has 1 saturated heterocycles. The van der Waals surface area contributed by atoms with E-state index in [0.29, 0.717) is 31.5 Å². The number of carbonyl (C=O) groups excluding carboxylic acids is 2. The minimum atomic E-state index is -0.0758. The molecule has 5 rings (SSSR count). The van der Waals surface area contributed by atoms with Crippen molar-refractivity contribution in [2.45, 2.75) is 19.3 Å². The Hall–Kier alpha value is -3.40. The number of piperidine rings is 1. The Morgan fingerprint density at radius 3 is 2.23 bits per heavy atom. The molecular weight excluding hydrogens is 374 g/mol. The van der Waals surface area contributed by atoms with Gasteiger partial charge in [-0.3, -0.25) is 9.59 Å².